The van der Waals surface area contributed by atoms with Crippen molar-refractivity contribution >= 4 is 23.5 Å². The third-order valence-electron chi connectivity index (χ3n) is 4.31. The molecule has 24 heavy (non-hydrogen) atoms. The Kier molecular flexibility index (Phi) is 5.90. The summed E-state index contributed by atoms with van der Waals surface area (Å²) in [4.78, 5) is 25.1. The van der Waals surface area contributed by atoms with E-state index in [0.29, 0.717) is 48.0 Å². The van der Waals surface area contributed by atoms with Crippen molar-refractivity contribution in [3.8, 4) is 11.5 Å². The predicted molar refractivity (Wildman–Crippen MR) is 88.4 cm³/mol. The van der Waals surface area contributed by atoms with Crippen LogP contribution in [0.1, 0.15) is 24.4 Å². The minimum atomic E-state index is -1.02. The highest BCUT2D eigenvalue weighted by molar-refractivity contribution is 6.31. The second-order valence-electron chi connectivity index (χ2n) is 5.68. The minimum Gasteiger partial charge on any atom is -0.496 e. The number of aliphatic carboxylic acids is 1. The number of hydrogen-bond acceptors (Lipinski definition) is 5. The first-order chi connectivity index (χ1) is 11.4. The van der Waals surface area contributed by atoms with Gasteiger partial charge in [-0.25, -0.2) is 0 Å². The van der Waals surface area contributed by atoms with E-state index in [4.69, 9.17) is 26.8 Å². The van der Waals surface area contributed by atoms with Gasteiger partial charge in [0.15, 0.2) is 0 Å². The van der Waals surface area contributed by atoms with Crippen LogP contribution in [0, 0.1) is 5.92 Å². The van der Waals surface area contributed by atoms with Crippen LogP contribution in [-0.2, 0) is 9.59 Å². The predicted octanol–water partition coefficient (Wildman–Crippen LogP) is 1.68. The fraction of sp³-hybridized carbons (Fsp3) is 0.500. The molecule has 0 aromatic heterocycles. The molecule has 0 spiro atoms. The molecule has 0 bridgehead atoms. The van der Waals surface area contributed by atoms with Crippen molar-refractivity contribution in [3.63, 3.8) is 0 Å². The van der Waals surface area contributed by atoms with E-state index >= 15 is 0 Å². The number of hydrogen-bond donors (Lipinski definition) is 2. The summed E-state index contributed by atoms with van der Waals surface area (Å²) in [7, 11) is 2.90. The van der Waals surface area contributed by atoms with Crippen molar-refractivity contribution in [3.05, 3.63) is 22.7 Å². The topological polar surface area (TPSA) is 102 Å². The number of ether oxygens (including phenoxy) is 2. The van der Waals surface area contributed by atoms with Gasteiger partial charge in [0.2, 0.25) is 5.91 Å². The van der Waals surface area contributed by atoms with Crippen molar-refractivity contribution in [1.82, 2.24) is 4.90 Å². The van der Waals surface area contributed by atoms with Crippen molar-refractivity contribution in [2.45, 2.75) is 18.9 Å². The molecule has 1 fully saturated rings. The molecule has 0 saturated carbocycles. The number of benzene rings is 1. The molecule has 1 unspecified atom stereocenters. The van der Waals surface area contributed by atoms with Crippen LogP contribution in [0.3, 0.4) is 0 Å². The fourth-order valence-corrected chi connectivity index (χ4v) is 3.28. The van der Waals surface area contributed by atoms with Crippen LogP contribution in [-0.4, -0.2) is 49.2 Å². The van der Waals surface area contributed by atoms with Gasteiger partial charge in [-0.15, -0.1) is 0 Å². The largest absolute Gasteiger partial charge is 0.496 e. The fourth-order valence-electron chi connectivity index (χ4n) is 3.08. The average Bonchev–Trinajstić information content (AvgIpc) is 2.55. The van der Waals surface area contributed by atoms with Gasteiger partial charge in [-0.3, -0.25) is 14.5 Å². The molecule has 1 saturated heterocycles. The zero-order valence-corrected chi connectivity index (χ0v) is 14.4. The highest BCUT2D eigenvalue weighted by Crippen LogP contribution is 2.41. The van der Waals surface area contributed by atoms with E-state index in [1.807, 2.05) is 0 Å². The summed E-state index contributed by atoms with van der Waals surface area (Å²) < 4.78 is 10.6. The maximum Gasteiger partial charge on any atom is 0.325 e. The summed E-state index contributed by atoms with van der Waals surface area (Å²) in [6, 6.07) is 2.16. The number of methoxy groups -OCH3 is 2. The van der Waals surface area contributed by atoms with E-state index in [2.05, 4.69) is 0 Å². The minimum absolute atomic E-state index is 0.218. The van der Waals surface area contributed by atoms with Crippen LogP contribution >= 0.6 is 11.6 Å². The molecule has 1 aliphatic rings. The first-order valence-corrected chi connectivity index (χ1v) is 7.94. The number of nitrogens with zero attached hydrogens (tertiary/aromatic N) is 1. The van der Waals surface area contributed by atoms with E-state index in [9.17, 15) is 14.7 Å². The van der Waals surface area contributed by atoms with Crippen molar-refractivity contribution < 1.29 is 24.2 Å². The maximum atomic E-state index is 12.0. The number of nitrogens with two attached hydrogens (primary N) is 1. The smallest absolute Gasteiger partial charge is 0.325 e. The molecule has 1 amide bonds. The number of carboxylic acid groups (broad SMARTS) is 1. The number of halogens is 1. The molecule has 1 heterocycles. The Labute approximate surface area is 145 Å². The molecule has 1 aromatic carbocycles. The molecule has 2 rings (SSSR count). The molecule has 1 aliphatic heterocycles. The van der Waals surface area contributed by atoms with Crippen LogP contribution in [0.5, 0.6) is 11.5 Å². The van der Waals surface area contributed by atoms with Crippen molar-refractivity contribution in [2.75, 3.05) is 27.3 Å². The van der Waals surface area contributed by atoms with Gasteiger partial charge in [-0.05, 0) is 25.0 Å². The quantitative estimate of drug-likeness (QED) is 0.804. The van der Waals surface area contributed by atoms with Gasteiger partial charge in [0.05, 0.1) is 19.8 Å². The monoisotopic (exact) mass is 356 g/mol. The summed E-state index contributed by atoms with van der Waals surface area (Å²) in [6.07, 6.45) is 1.05. The standard InChI is InChI=1S/C16H21ClN2O5/c1-23-11-7-10(17)8-12(24-2)13(11)14(16(21)22)19-5-3-9(4-6-19)15(18)20/h7-9,14H,3-6H2,1-2H3,(H2,18,20)(H,21,22). The molecule has 8 heteroatoms. The number of carbonyl (C=O) groups is 2. The number of amides is 1. The van der Waals surface area contributed by atoms with Gasteiger partial charge in [-0.2, -0.15) is 0 Å². The van der Waals surface area contributed by atoms with Gasteiger partial charge in [0.25, 0.3) is 0 Å². The van der Waals surface area contributed by atoms with Crippen LogP contribution in [0.4, 0.5) is 0 Å². The summed E-state index contributed by atoms with van der Waals surface area (Å²) in [5, 5.41) is 10.2. The van der Waals surface area contributed by atoms with Gasteiger partial charge in [-0.1, -0.05) is 11.6 Å². The van der Waals surface area contributed by atoms with Crippen LogP contribution in [0.2, 0.25) is 5.02 Å². The number of primary amides is 1. The second-order valence-corrected chi connectivity index (χ2v) is 6.11. The number of rotatable bonds is 6. The van der Waals surface area contributed by atoms with Crippen LogP contribution in [0.25, 0.3) is 0 Å². The van der Waals surface area contributed by atoms with E-state index in [1.54, 1.807) is 17.0 Å². The summed E-state index contributed by atoms with van der Waals surface area (Å²) in [5.41, 5.74) is 5.75. The number of carboxylic acids is 1. The van der Waals surface area contributed by atoms with Gasteiger partial charge >= 0.3 is 5.97 Å². The molecule has 1 aromatic rings. The average molecular weight is 357 g/mol. The molecule has 7 nitrogen and oxygen atoms in total. The van der Waals surface area contributed by atoms with Gasteiger partial charge in [0.1, 0.15) is 17.5 Å². The Bertz CT molecular complexity index is 604. The second kappa shape index (κ2) is 7.72. The van der Waals surface area contributed by atoms with E-state index in [-0.39, 0.29) is 11.8 Å². The lowest BCUT2D eigenvalue weighted by atomic mass is 9.93. The lowest BCUT2D eigenvalue weighted by molar-refractivity contribution is -0.144. The third kappa shape index (κ3) is 3.73. The number of carbonyl (C=O) groups excluding carboxylic acids is 1. The van der Waals surface area contributed by atoms with Crippen molar-refractivity contribution in [1.29, 1.82) is 0 Å². The first-order valence-electron chi connectivity index (χ1n) is 7.56. The molecule has 132 valence electrons. The zero-order chi connectivity index (χ0) is 17.9. The lowest BCUT2D eigenvalue weighted by Crippen LogP contribution is -2.43. The summed E-state index contributed by atoms with van der Waals surface area (Å²) in [6.45, 7) is 0.888. The Hall–Kier alpha value is -1.99. The molecule has 0 radical (unpaired) electrons. The summed E-state index contributed by atoms with van der Waals surface area (Å²) >= 11 is 6.03. The third-order valence-corrected chi connectivity index (χ3v) is 4.53. The molecule has 0 aliphatic carbocycles. The zero-order valence-electron chi connectivity index (χ0n) is 13.6. The van der Waals surface area contributed by atoms with Gasteiger partial charge in [0, 0.05) is 24.0 Å². The van der Waals surface area contributed by atoms with E-state index in [0.717, 1.165) is 0 Å². The normalized spacial score (nSPS) is 17.3. The van der Waals surface area contributed by atoms with E-state index in [1.165, 1.54) is 14.2 Å². The Morgan fingerprint density at radius 3 is 2.12 bits per heavy atom. The number of likely N-dealkylation sites (tertiary alicyclic amines) is 1. The molecule has 3 N–H and O–H groups in total. The molecular weight excluding hydrogens is 336 g/mol. The summed E-state index contributed by atoms with van der Waals surface area (Å²) in [5.74, 6) is -0.883. The van der Waals surface area contributed by atoms with E-state index < -0.39 is 12.0 Å². The lowest BCUT2D eigenvalue weighted by Gasteiger charge is -2.35. The van der Waals surface area contributed by atoms with Crippen LogP contribution < -0.4 is 15.2 Å². The van der Waals surface area contributed by atoms with Crippen molar-refractivity contribution in [2.24, 2.45) is 11.7 Å². The van der Waals surface area contributed by atoms with Crippen LogP contribution in [0.15, 0.2) is 12.1 Å². The maximum absolute atomic E-state index is 12.0. The SMILES string of the molecule is COc1cc(Cl)cc(OC)c1C(C(=O)O)N1CCC(C(N)=O)CC1. The highest BCUT2D eigenvalue weighted by atomic mass is 35.5. The first kappa shape index (κ1) is 18.4. The number of piperidine rings is 1. The molecular formula is C16H21ClN2O5. The molecule has 1 atom stereocenters. The van der Waals surface area contributed by atoms with Gasteiger partial charge < -0.3 is 20.3 Å². The highest BCUT2D eigenvalue weighted by Gasteiger charge is 2.36. The Morgan fingerprint density at radius 2 is 1.75 bits per heavy atom. The Balaban J connectivity index is 2.39. The Morgan fingerprint density at radius 1 is 1.25 bits per heavy atom.